The van der Waals surface area contributed by atoms with E-state index in [0.717, 1.165) is 0 Å². The van der Waals surface area contributed by atoms with Gasteiger partial charge in [0.1, 0.15) is 0 Å². The zero-order chi connectivity index (χ0) is 20.5. The van der Waals surface area contributed by atoms with E-state index in [1.807, 2.05) is 0 Å². The Hall–Kier alpha value is -1.98. The molecule has 0 fully saturated rings. The van der Waals surface area contributed by atoms with Crippen LogP contribution in [0.25, 0.3) is 16.3 Å². The molecular weight excluding hydrogens is 428 g/mol. The van der Waals surface area contributed by atoms with Crippen LogP contribution in [0.15, 0.2) is 92.8 Å². The Balaban J connectivity index is 1.88. The fourth-order valence-electron chi connectivity index (χ4n) is 4.39. The number of benzene rings is 3. The van der Waals surface area contributed by atoms with E-state index in [1.165, 1.54) is 38.6 Å². The maximum atomic E-state index is 2.38. The molecule has 0 aliphatic heterocycles. The summed E-state index contributed by atoms with van der Waals surface area (Å²) in [4.78, 5) is 0. The molecule has 1 atom stereocenters. The fourth-order valence-corrected chi connectivity index (χ4v) is 8.36. The topological polar surface area (TPSA) is 0 Å². The number of hydrogen-bond acceptors (Lipinski definition) is 0. The molecule has 0 amide bonds. The molecule has 1 unspecified atom stereocenters. The molecule has 29 heavy (non-hydrogen) atoms. The van der Waals surface area contributed by atoms with Crippen molar-refractivity contribution in [2.24, 2.45) is 0 Å². The van der Waals surface area contributed by atoms with Crippen molar-refractivity contribution in [3.63, 3.8) is 0 Å². The van der Waals surface area contributed by atoms with Crippen molar-refractivity contribution in [2.75, 3.05) is 0 Å². The second-order valence-electron chi connectivity index (χ2n) is 7.97. The summed E-state index contributed by atoms with van der Waals surface area (Å²) in [5.41, 5.74) is 10.3. The van der Waals surface area contributed by atoms with Crippen molar-refractivity contribution >= 4 is 16.3 Å². The summed E-state index contributed by atoms with van der Waals surface area (Å²) >= 11 is -0.793. The number of hydrogen-bond donors (Lipinski definition) is 0. The summed E-state index contributed by atoms with van der Waals surface area (Å²) in [5, 5.41) is 2.68. The van der Waals surface area contributed by atoms with Crippen molar-refractivity contribution < 1.29 is 23.2 Å². The van der Waals surface area contributed by atoms with Crippen LogP contribution in [0.5, 0.6) is 0 Å². The Morgan fingerprint density at radius 2 is 1.48 bits per heavy atom. The van der Waals surface area contributed by atoms with Gasteiger partial charge >= 0.3 is 187 Å². The van der Waals surface area contributed by atoms with Crippen LogP contribution in [0.2, 0.25) is 0 Å². The van der Waals surface area contributed by atoms with Crippen LogP contribution in [-0.4, -0.2) is 0 Å². The van der Waals surface area contributed by atoms with Crippen molar-refractivity contribution in [2.45, 2.75) is 38.2 Å². The van der Waals surface area contributed by atoms with Crippen LogP contribution in [0.3, 0.4) is 0 Å². The third-order valence-electron chi connectivity index (χ3n) is 6.38. The molecule has 0 N–H and O–H groups in total. The summed E-state index contributed by atoms with van der Waals surface area (Å²) in [6.45, 7) is 11.4. The van der Waals surface area contributed by atoms with E-state index in [0.29, 0.717) is 3.63 Å². The van der Waals surface area contributed by atoms with Gasteiger partial charge in [-0.3, -0.25) is 0 Å². The predicted octanol–water partition coefficient (Wildman–Crippen LogP) is 8.06. The van der Waals surface area contributed by atoms with Crippen molar-refractivity contribution in [1.29, 1.82) is 0 Å². The standard InChI is InChI=1S/C20H15.C8H13.Zr/c1-14-13-16-8-3-5-11-18(16)20(14)19-12-6-9-15-7-2-4-10-17(15)19;1-5-7(3)8(4)6-2;/h2-13H,1H3;5H,1-4H3;. The molecule has 0 radical (unpaired) electrons. The van der Waals surface area contributed by atoms with Crippen LogP contribution >= 0.6 is 0 Å². The molecule has 1 aliphatic rings. The Bertz CT molecular complexity index is 1170. The SMILES string of the molecule is CC=C(C)C(C)=[C](C)[Zr][CH]1C(C)=C(c2cccc3ccccc23)c2ccccc21. The minimum absolute atomic E-state index is 0.614. The van der Waals surface area contributed by atoms with Crippen molar-refractivity contribution in [3.8, 4) is 0 Å². The van der Waals surface area contributed by atoms with Crippen LogP contribution in [0.4, 0.5) is 0 Å². The first-order valence-corrected chi connectivity index (χ1v) is 13.0. The molecule has 0 spiro atoms. The Morgan fingerprint density at radius 3 is 2.28 bits per heavy atom. The summed E-state index contributed by atoms with van der Waals surface area (Å²) in [6, 6.07) is 24.6. The molecule has 1 aliphatic carbocycles. The second-order valence-corrected chi connectivity index (χ2v) is 11.9. The first-order valence-electron chi connectivity index (χ1n) is 10.4. The maximum absolute atomic E-state index is 2.38. The molecular formula is C28H28Zr. The Morgan fingerprint density at radius 1 is 0.828 bits per heavy atom. The van der Waals surface area contributed by atoms with E-state index in [-0.39, 0.29) is 0 Å². The van der Waals surface area contributed by atoms with E-state index >= 15 is 0 Å². The number of allylic oxidation sites excluding steroid dienone is 5. The molecule has 3 aromatic rings. The quantitative estimate of drug-likeness (QED) is 0.349. The molecule has 1 heteroatoms. The van der Waals surface area contributed by atoms with Gasteiger partial charge in [-0.25, -0.2) is 0 Å². The number of rotatable bonds is 4. The van der Waals surface area contributed by atoms with Gasteiger partial charge in [-0.05, 0) is 0 Å². The van der Waals surface area contributed by atoms with E-state index < -0.39 is 23.2 Å². The van der Waals surface area contributed by atoms with E-state index in [1.54, 1.807) is 14.4 Å². The van der Waals surface area contributed by atoms with Gasteiger partial charge in [0.15, 0.2) is 0 Å². The van der Waals surface area contributed by atoms with Gasteiger partial charge in [0.2, 0.25) is 0 Å². The van der Waals surface area contributed by atoms with Gasteiger partial charge in [-0.15, -0.1) is 0 Å². The van der Waals surface area contributed by atoms with Crippen molar-refractivity contribution in [1.82, 2.24) is 0 Å². The van der Waals surface area contributed by atoms with Gasteiger partial charge in [0.25, 0.3) is 0 Å². The van der Waals surface area contributed by atoms with Crippen LogP contribution in [0, 0.1) is 0 Å². The Kier molecular flexibility index (Phi) is 5.89. The summed E-state index contributed by atoms with van der Waals surface area (Å²) in [5.74, 6) is 0. The van der Waals surface area contributed by atoms with Crippen LogP contribution in [0.1, 0.15) is 54.9 Å². The molecule has 0 nitrogen and oxygen atoms in total. The first kappa shape index (κ1) is 20.3. The normalized spacial score (nSPS) is 17.4. The third kappa shape index (κ3) is 3.66. The summed E-state index contributed by atoms with van der Waals surface area (Å²) in [6.07, 6.45) is 2.24. The van der Waals surface area contributed by atoms with E-state index in [9.17, 15) is 0 Å². The first-order chi connectivity index (χ1) is 14.0. The predicted molar refractivity (Wildman–Crippen MR) is 123 cm³/mol. The summed E-state index contributed by atoms with van der Waals surface area (Å²) in [7, 11) is 0. The van der Waals surface area contributed by atoms with E-state index in [2.05, 4.69) is 107 Å². The van der Waals surface area contributed by atoms with E-state index in [4.69, 9.17) is 0 Å². The molecule has 0 aromatic heterocycles. The Labute approximate surface area is 186 Å². The van der Waals surface area contributed by atoms with Crippen molar-refractivity contribution in [3.05, 3.63) is 109 Å². The van der Waals surface area contributed by atoms with Crippen LogP contribution < -0.4 is 0 Å². The molecule has 0 heterocycles. The number of fused-ring (bicyclic) bond motifs is 2. The average molecular weight is 456 g/mol. The minimum atomic E-state index is -0.793. The molecule has 0 bridgehead atoms. The zero-order valence-corrected chi connectivity index (χ0v) is 20.5. The van der Waals surface area contributed by atoms with Crippen LogP contribution in [-0.2, 0) is 23.2 Å². The molecule has 4 rings (SSSR count). The third-order valence-corrected chi connectivity index (χ3v) is 10.9. The van der Waals surface area contributed by atoms with Gasteiger partial charge in [-0.1, -0.05) is 0 Å². The molecule has 144 valence electrons. The molecule has 0 saturated carbocycles. The fraction of sp³-hybridized carbons (Fsp3) is 0.214. The van der Waals surface area contributed by atoms with Gasteiger partial charge in [0.05, 0.1) is 0 Å². The average Bonchev–Trinajstić information content (AvgIpc) is 3.03. The summed E-state index contributed by atoms with van der Waals surface area (Å²) < 4.78 is 2.27. The van der Waals surface area contributed by atoms with Gasteiger partial charge < -0.3 is 0 Å². The molecule has 3 aromatic carbocycles. The second kappa shape index (κ2) is 8.41. The monoisotopic (exact) mass is 454 g/mol. The molecule has 0 saturated heterocycles. The zero-order valence-electron chi connectivity index (χ0n) is 18.0. The van der Waals surface area contributed by atoms with Gasteiger partial charge in [0, 0.05) is 0 Å². The van der Waals surface area contributed by atoms with Gasteiger partial charge in [-0.2, -0.15) is 0 Å².